The van der Waals surface area contributed by atoms with Crippen LogP contribution in [-0.4, -0.2) is 24.8 Å². The first kappa shape index (κ1) is 13.3. The van der Waals surface area contributed by atoms with Gasteiger partial charge in [-0.3, -0.25) is 0 Å². The normalized spacial score (nSPS) is 22.0. The summed E-state index contributed by atoms with van der Waals surface area (Å²) in [5.41, 5.74) is 7.76. The Morgan fingerprint density at radius 2 is 2.33 bits per heavy atom. The van der Waals surface area contributed by atoms with Crippen LogP contribution in [0.5, 0.6) is 0 Å². The number of aliphatic hydroxyl groups excluding tert-OH is 1. The molecule has 2 rings (SSSR count). The van der Waals surface area contributed by atoms with Gasteiger partial charge in [0.05, 0.1) is 0 Å². The van der Waals surface area contributed by atoms with E-state index in [0.29, 0.717) is 5.92 Å². The van der Waals surface area contributed by atoms with Gasteiger partial charge in [0, 0.05) is 31.4 Å². The first-order valence-corrected chi connectivity index (χ1v) is 6.52. The molecular formula is C14H21FN2O. The van der Waals surface area contributed by atoms with Crippen molar-refractivity contribution < 1.29 is 9.50 Å². The monoisotopic (exact) mass is 252 g/mol. The van der Waals surface area contributed by atoms with Crippen LogP contribution in [-0.2, 0) is 0 Å². The van der Waals surface area contributed by atoms with Crippen molar-refractivity contribution in [3.8, 4) is 0 Å². The third-order valence-corrected chi connectivity index (χ3v) is 3.60. The summed E-state index contributed by atoms with van der Waals surface area (Å²) in [5.74, 6) is 0.0616. The van der Waals surface area contributed by atoms with Crippen molar-refractivity contribution in [3.05, 3.63) is 29.6 Å². The molecule has 3 N–H and O–H groups in total. The minimum Gasteiger partial charge on any atom is -0.396 e. The van der Waals surface area contributed by atoms with Gasteiger partial charge in [0.25, 0.3) is 0 Å². The van der Waals surface area contributed by atoms with Crippen molar-refractivity contribution in [3.63, 3.8) is 0 Å². The molecule has 3 nitrogen and oxygen atoms in total. The zero-order valence-corrected chi connectivity index (χ0v) is 10.8. The van der Waals surface area contributed by atoms with Crippen molar-refractivity contribution in [2.45, 2.75) is 25.8 Å². The van der Waals surface area contributed by atoms with E-state index in [9.17, 15) is 9.50 Å². The van der Waals surface area contributed by atoms with Crippen LogP contribution >= 0.6 is 0 Å². The molecule has 1 aromatic rings. The van der Waals surface area contributed by atoms with E-state index in [4.69, 9.17) is 5.73 Å². The number of nitrogens with two attached hydrogens (primary N) is 1. The fourth-order valence-electron chi connectivity index (χ4n) is 2.61. The number of aliphatic hydroxyl groups is 1. The summed E-state index contributed by atoms with van der Waals surface area (Å²) in [6.07, 6.45) is 2.11. The standard InChI is InChI=1S/C14H21FN2O/c1-10(16)13-7-12(15)4-5-14(13)17-6-2-3-11(8-17)9-18/h4-5,7,10-11,18H,2-3,6,8-9,16H2,1H3. The summed E-state index contributed by atoms with van der Waals surface area (Å²) >= 11 is 0. The van der Waals surface area contributed by atoms with E-state index in [-0.39, 0.29) is 18.5 Å². The number of halogens is 1. The number of benzene rings is 1. The van der Waals surface area contributed by atoms with E-state index in [1.165, 1.54) is 12.1 Å². The van der Waals surface area contributed by atoms with Crippen molar-refractivity contribution in [2.75, 3.05) is 24.6 Å². The highest BCUT2D eigenvalue weighted by Crippen LogP contribution is 2.29. The lowest BCUT2D eigenvalue weighted by Gasteiger charge is -2.35. The molecule has 1 saturated heterocycles. The van der Waals surface area contributed by atoms with Crippen molar-refractivity contribution in [2.24, 2.45) is 11.7 Å². The third kappa shape index (κ3) is 2.82. The lowest BCUT2D eigenvalue weighted by Crippen LogP contribution is -2.37. The second-order valence-electron chi connectivity index (χ2n) is 5.13. The van der Waals surface area contributed by atoms with Gasteiger partial charge in [-0.25, -0.2) is 4.39 Å². The SMILES string of the molecule is CC(N)c1cc(F)ccc1N1CCCC(CO)C1. The van der Waals surface area contributed by atoms with Crippen LogP contribution in [0.4, 0.5) is 10.1 Å². The van der Waals surface area contributed by atoms with Crippen LogP contribution < -0.4 is 10.6 Å². The molecule has 0 aromatic heterocycles. The fraction of sp³-hybridized carbons (Fsp3) is 0.571. The van der Waals surface area contributed by atoms with E-state index in [2.05, 4.69) is 4.90 Å². The number of rotatable bonds is 3. The minimum atomic E-state index is -0.248. The van der Waals surface area contributed by atoms with E-state index >= 15 is 0 Å². The van der Waals surface area contributed by atoms with Gasteiger partial charge in [-0.15, -0.1) is 0 Å². The number of nitrogens with zero attached hydrogens (tertiary/aromatic N) is 1. The maximum absolute atomic E-state index is 13.3. The highest BCUT2D eigenvalue weighted by Gasteiger charge is 2.22. The van der Waals surface area contributed by atoms with Crippen molar-refractivity contribution >= 4 is 5.69 Å². The number of hydrogen-bond acceptors (Lipinski definition) is 3. The topological polar surface area (TPSA) is 49.5 Å². The second kappa shape index (κ2) is 5.67. The van der Waals surface area contributed by atoms with E-state index in [0.717, 1.165) is 37.2 Å². The molecule has 1 aliphatic heterocycles. The van der Waals surface area contributed by atoms with Crippen molar-refractivity contribution in [1.82, 2.24) is 0 Å². The average molecular weight is 252 g/mol. The second-order valence-corrected chi connectivity index (χ2v) is 5.13. The molecule has 100 valence electrons. The Labute approximate surface area is 107 Å². The zero-order valence-electron chi connectivity index (χ0n) is 10.8. The van der Waals surface area contributed by atoms with E-state index < -0.39 is 0 Å². The van der Waals surface area contributed by atoms with Crippen molar-refractivity contribution in [1.29, 1.82) is 0 Å². The molecule has 18 heavy (non-hydrogen) atoms. The summed E-state index contributed by atoms with van der Waals surface area (Å²) in [7, 11) is 0. The smallest absolute Gasteiger partial charge is 0.123 e. The predicted molar refractivity (Wildman–Crippen MR) is 71.0 cm³/mol. The van der Waals surface area contributed by atoms with Gasteiger partial charge < -0.3 is 15.7 Å². The average Bonchev–Trinajstić information content (AvgIpc) is 2.38. The van der Waals surface area contributed by atoms with Gasteiger partial charge in [-0.1, -0.05) is 0 Å². The van der Waals surface area contributed by atoms with Crippen LogP contribution in [0.3, 0.4) is 0 Å². The van der Waals surface area contributed by atoms with Gasteiger partial charge >= 0.3 is 0 Å². The van der Waals surface area contributed by atoms with Crippen LogP contribution in [0, 0.1) is 11.7 Å². The summed E-state index contributed by atoms with van der Waals surface area (Å²) in [4.78, 5) is 2.21. The van der Waals surface area contributed by atoms with Crippen LogP contribution in [0.1, 0.15) is 31.4 Å². The maximum Gasteiger partial charge on any atom is 0.123 e. The Balaban J connectivity index is 2.26. The molecule has 4 heteroatoms. The summed E-state index contributed by atoms with van der Waals surface area (Å²) in [6, 6.07) is 4.60. The Bertz CT molecular complexity index is 409. The molecule has 1 aromatic carbocycles. The molecule has 2 atom stereocenters. The third-order valence-electron chi connectivity index (χ3n) is 3.60. The summed E-state index contributed by atoms with van der Waals surface area (Å²) < 4.78 is 13.3. The molecule has 0 amide bonds. The predicted octanol–water partition coefficient (Wildman–Crippen LogP) is 2.05. The Morgan fingerprint density at radius 1 is 1.56 bits per heavy atom. The van der Waals surface area contributed by atoms with Gasteiger partial charge in [-0.05, 0) is 49.4 Å². The quantitative estimate of drug-likeness (QED) is 0.865. The molecule has 0 bridgehead atoms. The van der Waals surface area contributed by atoms with Crippen LogP contribution in [0.2, 0.25) is 0 Å². The lowest BCUT2D eigenvalue weighted by atomic mass is 9.96. The summed E-state index contributed by atoms with van der Waals surface area (Å²) in [5, 5.41) is 9.27. The molecule has 2 unspecified atom stereocenters. The first-order chi connectivity index (χ1) is 8.61. The Morgan fingerprint density at radius 3 is 3.00 bits per heavy atom. The molecule has 0 saturated carbocycles. The molecule has 1 heterocycles. The van der Waals surface area contributed by atoms with Gasteiger partial charge in [0.15, 0.2) is 0 Å². The number of hydrogen-bond donors (Lipinski definition) is 2. The Hall–Kier alpha value is -1.13. The molecular weight excluding hydrogens is 231 g/mol. The van der Waals surface area contributed by atoms with E-state index in [1.54, 1.807) is 6.07 Å². The summed E-state index contributed by atoms with van der Waals surface area (Å²) in [6.45, 7) is 3.85. The molecule has 1 fully saturated rings. The highest BCUT2D eigenvalue weighted by molar-refractivity contribution is 5.55. The van der Waals surface area contributed by atoms with Gasteiger partial charge in [0.2, 0.25) is 0 Å². The number of piperidine rings is 1. The largest absolute Gasteiger partial charge is 0.396 e. The van der Waals surface area contributed by atoms with Crippen LogP contribution in [0.25, 0.3) is 0 Å². The molecule has 1 aliphatic rings. The number of anilines is 1. The maximum atomic E-state index is 13.3. The van der Waals surface area contributed by atoms with E-state index in [1.807, 2.05) is 6.92 Å². The van der Waals surface area contributed by atoms with Gasteiger partial charge in [0.1, 0.15) is 5.82 Å². The zero-order chi connectivity index (χ0) is 13.1. The molecule has 0 aliphatic carbocycles. The minimum absolute atomic E-state index is 0.190. The van der Waals surface area contributed by atoms with Gasteiger partial charge in [-0.2, -0.15) is 0 Å². The van der Waals surface area contributed by atoms with Crippen LogP contribution in [0.15, 0.2) is 18.2 Å². The highest BCUT2D eigenvalue weighted by atomic mass is 19.1. The Kier molecular flexibility index (Phi) is 4.19. The fourth-order valence-corrected chi connectivity index (χ4v) is 2.61. The first-order valence-electron chi connectivity index (χ1n) is 6.52. The molecule has 0 radical (unpaired) electrons. The molecule has 0 spiro atoms. The lowest BCUT2D eigenvalue weighted by molar-refractivity contribution is 0.208.